The number of benzene rings is 12. The minimum absolute atomic E-state index is 0.00461. The van der Waals surface area contributed by atoms with Crippen molar-refractivity contribution in [2.45, 2.75) is 32.1 Å². The van der Waals surface area contributed by atoms with Crippen LogP contribution in [0.25, 0.3) is 129 Å². The molecule has 0 saturated carbocycles. The third-order valence-electron chi connectivity index (χ3n) is 17.5. The largest absolute Gasteiger partial charge is 0.134 e. The van der Waals surface area contributed by atoms with Crippen LogP contribution in [0.3, 0.4) is 0 Å². The van der Waals surface area contributed by atoms with Gasteiger partial charge in [0.05, 0.1) is 0 Å². The molecule has 0 saturated heterocycles. The van der Waals surface area contributed by atoms with Gasteiger partial charge in [-0.25, -0.2) is 0 Å². The average Bonchev–Trinajstić information content (AvgIpc) is 4.42. The summed E-state index contributed by atoms with van der Waals surface area (Å²) < 4.78 is 5.45. The molecule has 12 aromatic carbocycles. The predicted octanol–water partition coefficient (Wildman–Crippen LogP) is 21.9. The topological polar surface area (TPSA) is 0 Å². The second-order valence-corrected chi connectivity index (χ2v) is 24.2. The Kier molecular flexibility index (Phi) is 10.6. The van der Waals surface area contributed by atoms with E-state index in [0.717, 1.165) is 12.8 Å². The molecule has 0 fully saturated rings. The number of hydrogen-bond donors (Lipinski definition) is 0. The molecule has 0 unspecified atom stereocenters. The van der Waals surface area contributed by atoms with Crippen molar-refractivity contribution < 1.29 is 0 Å². The number of fused-ring (bicyclic) bond motifs is 15. The Balaban J connectivity index is 0.000000132. The first-order valence-corrected chi connectivity index (χ1v) is 29.3. The van der Waals surface area contributed by atoms with Crippen molar-refractivity contribution in [2.24, 2.45) is 0 Å². The third-order valence-corrected chi connectivity index (χ3v) is 20.0. The number of rotatable bonds is 5. The molecule has 0 radical (unpaired) electrons. The lowest BCUT2D eigenvalue weighted by atomic mass is 9.81. The maximum Gasteiger partial charge on any atom is 0.0434 e. The highest BCUT2D eigenvalue weighted by Gasteiger charge is 2.35. The van der Waals surface area contributed by atoms with Crippen LogP contribution in [0.5, 0.6) is 0 Å². The smallest absolute Gasteiger partial charge is 0.0434 e. The molecule has 0 atom stereocenters. The number of thiophene rings is 2. The lowest BCUT2D eigenvalue weighted by Crippen LogP contribution is -2.14. The van der Waals surface area contributed by atoms with E-state index in [1.807, 2.05) is 22.7 Å². The zero-order valence-corrected chi connectivity index (χ0v) is 45.6. The molecule has 0 aliphatic heterocycles. The van der Waals surface area contributed by atoms with Gasteiger partial charge in [-0.05, 0) is 148 Å². The highest BCUT2D eigenvalue weighted by Crippen LogP contribution is 2.52. The minimum atomic E-state index is -0.00461. The fraction of sp³-hybridized carbons (Fsp3) is 0.0649. The summed E-state index contributed by atoms with van der Waals surface area (Å²) in [4.78, 5) is 0. The van der Waals surface area contributed by atoms with E-state index < -0.39 is 0 Å². The fourth-order valence-corrected chi connectivity index (χ4v) is 16.3. The van der Waals surface area contributed by atoms with Crippen LogP contribution in [-0.2, 0) is 18.3 Å². The number of hydrogen-bond acceptors (Lipinski definition) is 2. The Morgan fingerprint density at radius 1 is 0.241 bits per heavy atom. The van der Waals surface area contributed by atoms with Crippen LogP contribution in [0.2, 0.25) is 0 Å². The molecule has 14 aromatic rings. The maximum absolute atomic E-state index is 2.45. The molecule has 0 spiro atoms. The molecule has 79 heavy (non-hydrogen) atoms. The van der Waals surface area contributed by atoms with Gasteiger partial charge in [-0.2, -0.15) is 0 Å². The Morgan fingerprint density at radius 3 is 1.16 bits per heavy atom. The monoisotopic (exact) mass is 1040 g/mol. The van der Waals surface area contributed by atoms with Crippen LogP contribution in [-0.4, -0.2) is 0 Å². The SMILES string of the molecule is CC1(C)c2ccccc2-c2ccc(-c3cccc4c3sc3c(-c5ccc6c(c5)-c5ccccc5C6)cccc34)cc21.c1ccc(-c2ccccc2-c2cccc3c2sc2c(-c4ccc5c(c4)-c4ccccc4C5)cccc23)cc1. The van der Waals surface area contributed by atoms with Crippen molar-refractivity contribution >= 4 is 63.0 Å². The van der Waals surface area contributed by atoms with Gasteiger partial charge in [0.25, 0.3) is 0 Å². The van der Waals surface area contributed by atoms with E-state index in [0.29, 0.717) is 0 Å². The zero-order valence-electron chi connectivity index (χ0n) is 44.0. The van der Waals surface area contributed by atoms with Crippen molar-refractivity contribution in [2.75, 3.05) is 0 Å². The first-order chi connectivity index (χ1) is 38.9. The second-order valence-electron chi connectivity index (χ2n) is 22.2. The Labute approximate surface area is 469 Å². The maximum atomic E-state index is 2.45. The van der Waals surface area contributed by atoms with Gasteiger partial charge in [-0.15, -0.1) is 22.7 Å². The summed E-state index contributed by atoms with van der Waals surface area (Å²) in [5.74, 6) is 0. The summed E-state index contributed by atoms with van der Waals surface area (Å²) in [7, 11) is 0. The van der Waals surface area contributed by atoms with Crippen LogP contribution in [0.1, 0.15) is 47.2 Å². The molecule has 2 aromatic heterocycles. The molecule has 0 amide bonds. The van der Waals surface area contributed by atoms with Crippen LogP contribution in [0.15, 0.2) is 255 Å². The van der Waals surface area contributed by atoms with Crippen LogP contribution < -0.4 is 0 Å². The fourth-order valence-electron chi connectivity index (χ4n) is 13.6. The zero-order chi connectivity index (χ0) is 52.3. The quantitative estimate of drug-likeness (QED) is 0.161. The molecule has 3 aliphatic carbocycles. The molecule has 17 rings (SSSR count). The third kappa shape index (κ3) is 7.32. The lowest BCUT2D eigenvalue weighted by Gasteiger charge is -2.22. The van der Waals surface area contributed by atoms with E-state index in [2.05, 4.69) is 269 Å². The van der Waals surface area contributed by atoms with E-state index in [1.165, 1.54) is 163 Å². The Morgan fingerprint density at radius 2 is 0.620 bits per heavy atom. The van der Waals surface area contributed by atoms with Gasteiger partial charge in [-0.1, -0.05) is 250 Å². The summed E-state index contributed by atoms with van der Waals surface area (Å²) in [6.45, 7) is 4.73. The molecular formula is C77H52S2. The van der Waals surface area contributed by atoms with Gasteiger partial charge in [0.15, 0.2) is 0 Å². The molecule has 0 bridgehead atoms. The minimum Gasteiger partial charge on any atom is -0.134 e. The van der Waals surface area contributed by atoms with Gasteiger partial charge in [0.1, 0.15) is 0 Å². The predicted molar refractivity (Wildman–Crippen MR) is 340 cm³/mol. The van der Waals surface area contributed by atoms with Crippen molar-refractivity contribution in [3.63, 3.8) is 0 Å². The van der Waals surface area contributed by atoms with E-state index in [9.17, 15) is 0 Å². The molecule has 0 nitrogen and oxygen atoms in total. The highest BCUT2D eigenvalue weighted by atomic mass is 32.1. The lowest BCUT2D eigenvalue weighted by molar-refractivity contribution is 0.660. The van der Waals surface area contributed by atoms with Crippen LogP contribution in [0.4, 0.5) is 0 Å². The molecule has 0 N–H and O–H groups in total. The molecule has 2 heterocycles. The summed E-state index contributed by atoms with van der Waals surface area (Å²) in [6, 6.07) is 94.6. The van der Waals surface area contributed by atoms with E-state index in [4.69, 9.17) is 0 Å². The Hall–Kier alpha value is -8.92. The van der Waals surface area contributed by atoms with Gasteiger partial charge in [0.2, 0.25) is 0 Å². The van der Waals surface area contributed by atoms with Crippen molar-refractivity contribution in [3.05, 3.63) is 288 Å². The summed E-state index contributed by atoms with van der Waals surface area (Å²) in [6.07, 6.45) is 2.06. The standard InChI is InChI=1S/C40H28S.C37H24S/c1-40(2)36-16-6-5-11-31(36)32-20-19-27(23-37(32)40)30-13-8-15-34-33-14-7-12-29(38(33)41-39(30)34)26-18-17-25-21-24-9-3-4-10-28(24)35(25)22-26;1-2-10-24(11-3-1)28-13-6-7-15-31(28)32-17-9-19-34-33-18-8-16-30(36(33)38-37(32)34)27-21-20-26-22-25-12-4-5-14-29(25)35(26)23-27/h3-20,22-23H,21H2,1-2H3;1-21,23H,22H2. The van der Waals surface area contributed by atoms with E-state index >= 15 is 0 Å². The first kappa shape index (κ1) is 46.2. The van der Waals surface area contributed by atoms with E-state index in [1.54, 1.807) is 0 Å². The van der Waals surface area contributed by atoms with Gasteiger partial charge in [0, 0.05) is 51.3 Å². The summed E-state index contributed by atoms with van der Waals surface area (Å²) in [5, 5.41) is 5.36. The molecule has 2 heteroatoms. The summed E-state index contributed by atoms with van der Waals surface area (Å²) in [5.41, 5.74) is 29.8. The highest BCUT2D eigenvalue weighted by molar-refractivity contribution is 7.27. The van der Waals surface area contributed by atoms with Crippen molar-refractivity contribution in [3.8, 4) is 89.0 Å². The molecule has 372 valence electrons. The Bertz CT molecular complexity index is 4810. The first-order valence-electron chi connectivity index (χ1n) is 27.6. The van der Waals surface area contributed by atoms with Crippen molar-refractivity contribution in [1.82, 2.24) is 0 Å². The molecule has 3 aliphatic rings. The van der Waals surface area contributed by atoms with Gasteiger partial charge in [-0.3, -0.25) is 0 Å². The van der Waals surface area contributed by atoms with Crippen molar-refractivity contribution in [1.29, 1.82) is 0 Å². The average molecular weight is 1040 g/mol. The van der Waals surface area contributed by atoms with Crippen LogP contribution in [0, 0.1) is 0 Å². The second kappa shape index (κ2) is 18.1. The van der Waals surface area contributed by atoms with E-state index in [-0.39, 0.29) is 5.41 Å². The summed E-state index contributed by atoms with van der Waals surface area (Å²) >= 11 is 3.87. The van der Waals surface area contributed by atoms with Gasteiger partial charge < -0.3 is 0 Å². The normalized spacial score (nSPS) is 13.2. The van der Waals surface area contributed by atoms with Gasteiger partial charge >= 0.3 is 0 Å². The molecular weight excluding hydrogens is 989 g/mol. The van der Waals surface area contributed by atoms with Crippen LogP contribution >= 0.6 is 22.7 Å².